The van der Waals surface area contributed by atoms with E-state index in [0.29, 0.717) is 5.69 Å². The average molecular weight is 394 g/mol. The number of hydrogen-bond acceptors (Lipinski definition) is 4. The van der Waals surface area contributed by atoms with E-state index >= 15 is 0 Å². The molecule has 3 aromatic rings. The van der Waals surface area contributed by atoms with Crippen molar-refractivity contribution in [3.63, 3.8) is 0 Å². The molecule has 0 saturated heterocycles. The summed E-state index contributed by atoms with van der Waals surface area (Å²) in [4.78, 5) is 6.94. The largest absolute Gasteiger partial charge is 0.326 e. The van der Waals surface area contributed by atoms with Crippen LogP contribution in [-0.4, -0.2) is 19.9 Å². The molecule has 0 amide bonds. The molecule has 1 aliphatic rings. The summed E-state index contributed by atoms with van der Waals surface area (Å²) in [5, 5.41) is 0. The third kappa shape index (κ3) is 3.73. The lowest BCUT2D eigenvalue weighted by Crippen LogP contribution is -2.25. The maximum atomic E-state index is 12.6. The van der Waals surface area contributed by atoms with E-state index in [1.54, 1.807) is 24.4 Å². The van der Waals surface area contributed by atoms with Crippen LogP contribution in [0.4, 0.5) is 17.2 Å². The Morgan fingerprint density at radius 3 is 2.54 bits per heavy atom. The first-order chi connectivity index (χ1) is 13.6. The molecule has 0 spiro atoms. The molecule has 0 saturated carbocycles. The van der Waals surface area contributed by atoms with Gasteiger partial charge in [0.2, 0.25) is 0 Å². The highest BCUT2D eigenvalue weighted by atomic mass is 32.2. The summed E-state index contributed by atoms with van der Waals surface area (Å²) in [6, 6.07) is 18.9. The summed E-state index contributed by atoms with van der Waals surface area (Å²) in [6.45, 7) is 2.94. The summed E-state index contributed by atoms with van der Waals surface area (Å²) in [6.07, 6.45) is 4.59. The Morgan fingerprint density at radius 2 is 1.82 bits per heavy atom. The predicted molar refractivity (Wildman–Crippen MR) is 113 cm³/mol. The normalized spacial score (nSPS) is 13.8. The minimum Gasteiger partial charge on any atom is -0.326 e. The molecule has 0 fully saturated rings. The fraction of sp³-hybridized carbons (Fsp3) is 0.227. The van der Waals surface area contributed by atoms with E-state index in [2.05, 4.69) is 32.8 Å². The lowest BCUT2D eigenvalue weighted by atomic mass is 10.0. The second-order valence-corrected chi connectivity index (χ2v) is 8.57. The second kappa shape index (κ2) is 7.64. The molecule has 2 aromatic carbocycles. The Bertz CT molecular complexity index is 1060. The molecule has 0 radical (unpaired) electrons. The van der Waals surface area contributed by atoms with Gasteiger partial charge in [-0.1, -0.05) is 37.3 Å². The van der Waals surface area contributed by atoms with E-state index in [1.807, 2.05) is 31.2 Å². The Morgan fingerprint density at radius 1 is 1.04 bits per heavy atom. The van der Waals surface area contributed by atoms with Gasteiger partial charge in [0.05, 0.1) is 16.8 Å². The minimum atomic E-state index is -3.63. The number of para-hydroxylation sites is 1. The van der Waals surface area contributed by atoms with Gasteiger partial charge in [0.15, 0.2) is 0 Å². The molecule has 0 atom stereocenters. The van der Waals surface area contributed by atoms with Crippen LogP contribution >= 0.6 is 0 Å². The number of aryl methyl sites for hydroxylation is 2. The third-order valence-electron chi connectivity index (χ3n) is 5.03. The topological polar surface area (TPSA) is 62.3 Å². The molecule has 5 nitrogen and oxygen atoms in total. The minimum absolute atomic E-state index is 0.249. The molecular formula is C22H23N3O2S. The highest BCUT2D eigenvalue weighted by Gasteiger charge is 2.19. The fourth-order valence-corrected chi connectivity index (χ4v) is 4.54. The first kappa shape index (κ1) is 18.5. The molecule has 0 unspecified atom stereocenters. The van der Waals surface area contributed by atoms with Gasteiger partial charge in [-0.25, -0.2) is 13.4 Å². The molecule has 1 aliphatic heterocycles. The van der Waals surface area contributed by atoms with E-state index in [1.165, 1.54) is 11.3 Å². The lowest BCUT2D eigenvalue weighted by Gasteiger charge is -2.30. The van der Waals surface area contributed by atoms with Crippen LogP contribution < -0.4 is 9.62 Å². The van der Waals surface area contributed by atoms with Crippen molar-refractivity contribution in [3.05, 3.63) is 78.0 Å². The monoisotopic (exact) mass is 393 g/mol. The maximum absolute atomic E-state index is 12.6. The van der Waals surface area contributed by atoms with E-state index < -0.39 is 10.0 Å². The predicted octanol–water partition coefficient (Wildman–Crippen LogP) is 4.53. The average Bonchev–Trinajstić information content (AvgIpc) is 2.74. The van der Waals surface area contributed by atoms with E-state index in [0.717, 1.165) is 37.2 Å². The smallest absolute Gasteiger partial charge is 0.261 e. The van der Waals surface area contributed by atoms with Crippen LogP contribution in [0.3, 0.4) is 0 Å². The van der Waals surface area contributed by atoms with Crippen molar-refractivity contribution in [1.82, 2.24) is 4.98 Å². The van der Waals surface area contributed by atoms with Crippen LogP contribution in [0, 0.1) is 0 Å². The zero-order valence-electron chi connectivity index (χ0n) is 15.8. The lowest BCUT2D eigenvalue weighted by molar-refractivity contribution is 0.601. The summed E-state index contributed by atoms with van der Waals surface area (Å²) >= 11 is 0. The summed E-state index contributed by atoms with van der Waals surface area (Å²) in [7, 11) is -3.63. The third-order valence-corrected chi connectivity index (χ3v) is 6.43. The number of pyridine rings is 1. The number of nitrogens with zero attached hydrogens (tertiary/aromatic N) is 2. The molecule has 0 aliphatic carbocycles. The van der Waals surface area contributed by atoms with E-state index in [4.69, 9.17) is 0 Å². The highest BCUT2D eigenvalue weighted by Crippen LogP contribution is 2.32. The van der Waals surface area contributed by atoms with Gasteiger partial charge in [-0.05, 0) is 60.7 Å². The Kier molecular flexibility index (Phi) is 5.05. The number of hydrogen-bond donors (Lipinski definition) is 1. The quantitative estimate of drug-likeness (QED) is 0.692. The molecule has 4 rings (SSSR count). The maximum Gasteiger partial charge on any atom is 0.261 e. The van der Waals surface area contributed by atoms with Crippen molar-refractivity contribution in [3.8, 4) is 0 Å². The van der Waals surface area contributed by atoms with Crippen LogP contribution in [0.2, 0.25) is 0 Å². The van der Waals surface area contributed by atoms with Gasteiger partial charge < -0.3 is 4.90 Å². The molecule has 1 aromatic heterocycles. The number of aromatic nitrogens is 1. The highest BCUT2D eigenvalue weighted by molar-refractivity contribution is 7.92. The number of anilines is 3. The molecule has 28 heavy (non-hydrogen) atoms. The summed E-state index contributed by atoms with van der Waals surface area (Å²) in [5.74, 6) is 0.822. The number of nitrogens with one attached hydrogen (secondary N) is 1. The van der Waals surface area contributed by atoms with Crippen LogP contribution in [0.25, 0.3) is 0 Å². The van der Waals surface area contributed by atoms with E-state index in [9.17, 15) is 8.42 Å². The first-order valence-corrected chi connectivity index (χ1v) is 11.0. The zero-order chi connectivity index (χ0) is 19.6. The van der Waals surface area contributed by atoms with Crippen molar-refractivity contribution < 1.29 is 8.42 Å². The van der Waals surface area contributed by atoms with Gasteiger partial charge >= 0.3 is 0 Å². The van der Waals surface area contributed by atoms with Crippen LogP contribution in [0.1, 0.15) is 24.5 Å². The molecule has 0 bridgehead atoms. The van der Waals surface area contributed by atoms with Crippen LogP contribution in [0.15, 0.2) is 71.8 Å². The first-order valence-electron chi connectivity index (χ1n) is 9.50. The zero-order valence-corrected chi connectivity index (χ0v) is 16.6. The van der Waals surface area contributed by atoms with Crippen molar-refractivity contribution in [2.24, 2.45) is 0 Å². The number of sulfonamides is 1. The molecule has 1 N–H and O–H groups in total. The van der Waals surface area contributed by atoms with Gasteiger partial charge in [-0.15, -0.1) is 0 Å². The van der Waals surface area contributed by atoms with Gasteiger partial charge in [-0.3, -0.25) is 4.72 Å². The molecular weight excluding hydrogens is 370 g/mol. The van der Waals surface area contributed by atoms with Crippen molar-refractivity contribution in [2.45, 2.75) is 31.1 Å². The molecule has 6 heteroatoms. The summed E-state index contributed by atoms with van der Waals surface area (Å²) in [5.41, 5.74) is 4.04. The van der Waals surface area contributed by atoms with Crippen LogP contribution in [0.5, 0.6) is 0 Å². The van der Waals surface area contributed by atoms with Gasteiger partial charge in [-0.2, -0.15) is 0 Å². The summed E-state index contributed by atoms with van der Waals surface area (Å²) < 4.78 is 27.8. The van der Waals surface area contributed by atoms with Gasteiger partial charge in [0, 0.05) is 12.2 Å². The van der Waals surface area contributed by atoms with Crippen LogP contribution in [-0.2, 0) is 22.9 Å². The van der Waals surface area contributed by atoms with Crippen molar-refractivity contribution >= 4 is 27.2 Å². The number of rotatable bonds is 5. The van der Waals surface area contributed by atoms with Gasteiger partial charge in [0.1, 0.15) is 5.82 Å². The Balaban J connectivity index is 1.54. The Labute approximate surface area is 166 Å². The second-order valence-electron chi connectivity index (χ2n) is 6.89. The number of benzene rings is 2. The van der Waals surface area contributed by atoms with Crippen molar-refractivity contribution in [2.75, 3.05) is 16.2 Å². The van der Waals surface area contributed by atoms with Crippen molar-refractivity contribution in [1.29, 1.82) is 0 Å². The Hall–Kier alpha value is -2.86. The van der Waals surface area contributed by atoms with E-state index in [-0.39, 0.29) is 4.90 Å². The van der Waals surface area contributed by atoms with Gasteiger partial charge in [0.25, 0.3) is 10.0 Å². The fourth-order valence-electron chi connectivity index (χ4n) is 3.50. The molecule has 144 valence electrons. The molecule has 2 heterocycles. The number of fused-ring (bicyclic) bond motifs is 1. The SMILES string of the molecule is CCc1ccc(S(=O)(=O)Nc2ccc(N3CCCc4ccccc43)nc2)cc1. The standard InChI is InChI=1S/C22H23N3O2S/c1-2-17-9-12-20(13-10-17)28(26,27)24-19-11-14-22(23-16-19)25-15-5-7-18-6-3-4-8-21(18)25/h3-4,6,8-14,16,24H,2,5,7,15H2,1H3.